The summed E-state index contributed by atoms with van der Waals surface area (Å²) in [6.07, 6.45) is 0. The number of ether oxygens (including phenoxy) is 2. The van der Waals surface area contributed by atoms with Crippen LogP contribution in [0.3, 0.4) is 0 Å². The van der Waals surface area contributed by atoms with Gasteiger partial charge in [-0.05, 0) is 48.5 Å². The summed E-state index contributed by atoms with van der Waals surface area (Å²) in [5.74, 6) is 0.784. The highest BCUT2D eigenvalue weighted by atomic mass is 79.9. The predicted molar refractivity (Wildman–Crippen MR) is 104 cm³/mol. The van der Waals surface area contributed by atoms with Gasteiger partial charge in [-0.15, -0.1) is 0 Å². The van der Waals surface area contributed by atoms with E-state index in [4.69, 9.17) is 9.47 Å². The average Bonchev–Trinajstić information content (AvgIpc) is 2.70. The SMILES string of the molecule is COc1ccc([C@@H](CNC(=O)c2ccc(Br)cc2)[NH+]2CCOCC2)cc1. The van der Waals surface area contributed by atoms with Crippen LogP contribution in [-0.4, -0.2) is 45.9 Å². The van der Waals surface area contributed by atoms with Gasteiger partial charge >= 0.3 is 0 Å². The van der Waals surface area contributed by atoms with Crippen LogP contribution in [-0.2, 0) is 4.74 Å². The molecule has 0 bridgehead atoms. The van der Waals surface area contributed by atoms with Gasteiger partial charge in [-0.1, -0.05) is 15.9 Å². The summed E-state index contributed by atoms with van der Waals surface area (Å²) < 4.78 is 11.7. The molecule has 1 heterocycles. The van der Waals surface area contributed by atoms with Crippen molar-refractivity contribution in [3.8, 4) is 5.75 Å². The number of carbonyl (C=O) groups is 1. The van der Waals surface area contributed by atoms with Gasteiger partial charge in [-0.2, -0.15) is 0 Å². The zero-order valence-electron chi connectivity index (χ0n) is 14.8. The molecule has 0 unspecified atom stereocenters. The van der Waals surface area contributed by atoms with Crippen LogP contribution < -0.4 is 15.0 Å². The monoisotopic (exact) mass is 419 g/mol. The molecule has 0 aromatic heterocycles. The van der Waals surface area contributed by atoms with Crippen LogP contribution in [0.15, 0.2) is 53.0 Å². The molecule has 1 fully saturated rings. The van der Waals surface area contributed by atoms with Gasteiger partial charge in [0, 0.05) is 15.6 Å². The van der Waals surface area contributed by atoms with E-state index in [2.05, 4.69) is 33.4 Å². The molecule has 138 valence electrons. The Morgan fingerprint density at radius 2 is 1.81 bits per heavy atom. The normalized spacial score (nSPS) is 16.1. The third-order valence-electron chi connectivity index (χ3n) is 4.72. The molecule has 1 amide bonds. The van der Waals surface area contributed by atoms with Crippen molar-refractivity contribution in [3.63, 3.8) is 0 Å². The van der Waals surface area contributed by atoms with Crippen LogP contribution in [0, 0.1) is 0 Å². The van der Waals surface area contributed by atoms with Crippen molar-refractivity contribution in [3.05, 3.63) is 64.1 Å². The molecule has 0 saturated carbocycles. The largest absolute Gasteiger partial charge is 0.497 e. The number of carbonyl (C=O) groups excluding carboxylic acids is 1. The number of halogens is 1. The van der Waals surface area contributed by atoms with Crippen molar-refractivity contribution in [1.82, 2.24) is 5.32 Å². The Bertz CT molecular complexity index is 713. The maximum atomic E-state index is 12.5. The molecular formula is C20H24BrN2O3+. The standard InChI is InChI=1S/C20H23BrN2O3/c1-25-18-8-4-15(5-9-18)19(23-10-12-26-13-11-23)14-22-20(24)16-2-6-17(21)7-3-16/h2-9,19H,10-14H2,1H3,(H,22,24)/p+1/t19-/m1/s1. The molecule has 3 rings (SSSR count). The van der Waals surface area contributed by atoms with Crippen molar-refractivity contribution in [2.75, 3.05) is 40.0 Å². The number of amides is 1. The first-order valence-electron chi connectivity index (χ1n) is 8.77. The summed E-state index contributed by atoms with van der Waals surface area (Å²) in [6.45, 7) is 3.96. The summed E-state index contributed by atoms with van der Waals surface area (Å²) >= 11 is 3.39. The van der Waals surface area contributed by atoms with Crippen LogP contribution in [0.2, 0.25) is 0 Å². The topological polar surface area (TPSA) is 52.0 Å². The van der Waals surface area contributed by atoms with E-state index >= 15 is 0 Å². The maximum Gasteiger partial charge on any atom is 0.251 e. The van der Waals surface area contributed by atoms with Crippen molar-refractivity contribution in [2.24, 2.45) is 0 Å². The Morgan fingerprint density at radius 3 is 2.42 bits per heavy atom. The van der Waals surface area contributed by atoms with Crippen molar-refractivity contribution < 1.29 is 19.2 Å². The Labute approximate surface area is 162 Å². The van der Waals surface area contributed by atoms with Crippen LogP contribution in [0.25, 0.3) is 0 Å². The van der Waals surface area contributed by atoms with Crippen LogP contribution >= 0.6 is 15.9 Å². The van der Waals surface area contributed by atoms with E-state index in [0.717, 1.165) is 36.5 Å². The van der Waals surface area contributed by atoms with Gasteiger partial charge in [0.25, 0.3) is 5.91 Å². The van der Waals surface area contributed by atoms with E-state index in [-0.39, 0.29) is 11.9 Å². The summed E-state index contributed by atoms with van der Waals surface area (Å²) in [4.78, 5) is 13.9. The average molecular weight is 420 g/mol. The molecule has 26 heavy (non-hydrogen) atoms. The van der Waals surface area contributed by atoms with Gasteiger partial charge < -0.3 is 19.7 Å². The minimum Gasteiger partial charge on any atom is -0.497 e. The van der Waals surface area contributed by atoms with Gasteiger partial charge in [-0.3, -0.25) is 4.79 Å². The number of rotatable bonds is 6. The van der Waals surface area contributed by atoms with Crippen molar-refractivity contribution >= 4 is 21.8 Å². The first kappa shape index (κ1) is 18.9. The molecule has 1 aliphatic heterocycles. The van der Waals surface area contributed by atoms with E-state index < -0.39 is 0 Å². The Kier molecular flexibility index (Phi) is 6.66. The first-order chi connectivity index (χ1) is 12.7. The number of morpholine rings is 1. The van der Waals surface area contributed by atoms with Crippen LogP contribution in [0.4, 0.5) is 0 Å². The summed E-state index contributed by atoms with van der Waals surface area (Å²) in [7, 11) is 1.66. The van der Waals surface area contributed by atoms with E-state index in [1.807, 2.05) is 36.4 Å². The number of benzene rings is 2. The molecule has 5 nitrogen and oxygen atoms in total. The molecule has 0 aliphatic carbocycles. The second kappa shape index (κ2) is 9.16. The van der Waals surface area contributed by atoms with Gasteiger partial charge in [0.1, 0.15) is 24.9 Å². The highest BCUT2D eigenvalue weighted by Crippen LogP contribution is 2.16. The predicted octanol–water partition coefficient (Wildman–Crippen LogP) is 1.84. The molecule has 2 aromatic rings. The zero-order chi connectivity index (χ0) is 18.4. The third kappa shape index (κ3) is 4.84. The number of nitrogens with one attached hydrogen (secondary N) is 2. The highest BCUT2D eigenvalue weighted by molar-refractivity contribution is 9.10. The minimum atomic E-state index is -0.0522. The zero-order valence-corrected chi connectivity index (χ0v) is 16.4. The van der Waals surface area contributed by atoms with Crippen molar-refractivity contribution in [1.29, 1.82) is 0 Å². The van der Waals surface area contributed by atoms with Gasteiger partial charge in [0.05, 0.1) is 26.9 Å². The van der Waals surface area contributed by atoms with E-state index in [0.29, 0.717) is 12.1 Å². The second-order valence-corrected chi connectivity index (χ2v) is 7.23. The Balaban J connectivity index is 1.72. The van der Waals surface area contributed by atoms with Gasteiger partial charge in [0.15, 0.2) is 0 Å². The molecule has 0 spiro atoms. The molecule has 6 heteroatoms. The van der Waals surface area contributed by atoms with Gasteiger partial charge in [-0.25, -0.2) is 0 Å². The molecule has 0 radical (unpaired) electrons. The smallest absolute Gasteiger partial charge is 0.251 e. The molecule has 1 saturated heterocycles. The molecule has 2 N–H and O–H groups in total. The summed E-state index contributed by atoms with van der Waals surface area (Å²) in [5.41, 5.74) is 1.86. The Morgan fingerprint density at radius 1 is 1.15 bits per heavy atom. The second-order valence-electron chi connectivity index (χ2n) is 6.31. The number of hydrogen-bond donors (Lipinski definition) is 2. The van der Waals surface area contributed by atoms with Crippen LogP contribution in [0.5, 0.6) is 5.75 Å². The lowest BCUT2D eigenvalue weighted by Gasteiger charge is -2.32. The fourth-order valence-electron chi connectivity index (χ4n) is 3.21. The fraction of sp³-hybridized carbons (Fsp3) is 0.350. The van der Waals surface area contributed by atoms with E-state index in [1.165, 1.54) is 10.5 Å². The van der Waals surface area contributed by atoms with Crippen LogP contribution in [0.1, 0.15) is 22.0 Å². The minimum absolute atomic E-state index is 0.0522. The number of hydrogen-bond acceptors (Lipinski definition) is 3. The third-order valence-corrected chi connectivity index (χ3v) is 5.25. The summed E-state index contributed by atoms with van der Waals surface area (Å²) in [5, 5.41) is 3.10. The Hall–Kier alpha value is -1.89. The molecule has 2 aromatic carbocycles. The highest BCUT2D eigenvalue weighted by Gasteiger charge is 2.27. The lowest BCUT2D eigenvalue weighted by atomic mass is 10.0. The molecular weight excluding hydrogens is 396 g/mol. The number of quaternary nitrogens is 1. The number of methoxy groups -OCH3 is 1. The lowest BCUT2D eigenvalue weighted by Crippen LogP contribution is -3.15. The lowest BCUT2D eigenvalue weighted by molar-refractivity contribution is -0.937. The molecule has 1 aliphatic rings. The van der Waals surface area contributed by atoms with E-state index in [1.54, 1.807) is 7.11 Å². The quantitative estimate of drug-likeness (QED) is 0.750. The summed E-state index contributed by atoms with van der Waals surface area (Å²) in [6, 6.07) is 15.7. The first-order valence-corrected chi connectivity index (χ1v) is 9.56. The maximum absolute atomic E-state index is 12.5. The van der Waals surface area contributed by atoms with Crippen molar-refractivity contribution in [2.45, 2.75) is 6.04 Å². The molecule has 1 atom stereocenters. The fourth-order valence-corrected chi connectivity index (χ4v) is 3.48. The van der Waals surface area contributed by atoms with Gasteiger partial charge in [0.2, 0.25) is 0 Å². The van der Waals surface area contributed by atoms with E-state index in [9.17, 15) is 4.79 Å².